The van der Waals surface area contributed by atoms with Gasteiger partial charge in [-0.25, -0.2) is 4.39 Å². The fourth-order valence-corrected chi connectivity index (χ4v) is 1.56. The summed E-state index contributed by atoms with van der Waals surface area (Å²) in [5, 5.41) is 20.0. The molecule has 0 aliphatic heterocycles. The summed E-state index contributed by atoms with van der Waals surface area (Å²) in [5.41, 5.74) is -0.900. The van der Waals surface area contributed by atoms with Gasteiger partial charge in [-0.3, -0.25) is 0 Å². The van der Waals surface area contributed by atoms with Crippen molar-refractivity contribution in [1.29, 1.82) is 0 Å². The number of halogens is 2. The predicted octanol–water partition coefficient (Wildman–Crippen LogP) is 2.54. The van der Waals surface area contributed by atoms with Crippen molar-refractivity contribution in [2.24, 2.45) is 0 Å². The maximum atomic E-state index is 13.4. The summed E-state index contributed by atoms with van der Waals surface area (Å²) in [4.78, 5) is 0. The smallest absolute Gasteiger partial charge is 0.126 e. The summed E-state index contributed by atoms with van der Waals surface area (Å²) in [6.07, 6.45) is -0.561. The molecular formula is C12H16ClFO2. The van der Waals surface area contributed by atoms with Crippen LogP contribution in [0.15, 0.2) is 18.2 Å². The molecule has 0 amide bonds. The Morgan fingerprint density at radius 1 is 1.50 bits per heavy atom. The van der Waals surface area contributed by atoms with E-state index in [1.807, 2.05) is 0 Å². The van der Waals surface area contributed by atoms with Gasteiger partial charge in [-0.1, -0.05) is 18.5 Å². The van der Waals surface area contributed by atoms with E-state index in [-0.39, 0.29) is 6.42 Å². The van der Waals surface area contributed by atoms with Gasteiger partial charge in [0.1, 0.15) is 5.82 Å². The lowest BCUT2D eigenvalue weighted by Gasteiger charge is -2.27. The van der Waals surface area contributed by atoms with Gasteiger partial charge in [0.2, 0.25) is 0 Å². The van der Waals surface area contributed by atoms with Crippen LogP contribution in [0.4, 0.5) is 4.39 Å². The maximum Gasteiger partial charge on any atom is 0.126 e. The molecule has 90 valence electrons. The van der Waals surface area contributed by atoms with Crippen LogP contribution >= 0.6 is 11.6 Å². The SMILES string of the molecule is CCC(C)(O)C(O)Cc1cc(Cl)ccc1F. The van der Waals surface area contributed by atoms with E-state index in [2.05, 4.69) is 0 Å². The number of hydrogen-bond acceptors (Lipinski definition) is 2. The van der Waals surface area contributed by atoms with Crippen molar-refractivity contribution in [1.82, 2.24) is 0 Å². The quantitative estimate of drug-likeness (QED) is 0.857. The highest BCUT2D eigenvalue weighted by atomic mass is 35.5. The van der Waals surface area contributed by atoms with Crippen LogP contribution in [0.2, 0.25) is 5.02 Å². The van der Waals surface area contributed by atoms with Crippen molar-refractivity contribution in [2.45, 2.75) is 38.4 Å². The van der Waals surface area contributed by atoms with Gasteiger partial charge in [-0.05, 0) is 37.1 Å². The minimum absolute atomic E-state index is 0.0488. The number of benzene rings is 1. The van der Waals surface area contributed by atoms with Crippen molar-refractivity contribution in [3.8, 4) is 0 Å². The third kappa shape index (κ3) is 3.17. The monoisotopic (exact) mass is 246 g/mol. The number of aliphatic hydroxyl groups excluding tert-OH is 1. The van der Waals surface area contributed by atoms with E-state index < -0.39 is 17.5 Å². The van der Waals surface area contributed by atoms with Crippen LogP contribution in [-0.4, -0.2) is 21.9 Å². The van der Waals surface area contributed by atoms with E-state index in [0.29, 0.717) is 17.0 Å². The van der Waals surface area contributed by atoms with Gasteiger partial charge < -0.3 is 10.2 Å². The second-order valence-electron chi connectivity index (χ2n) is 4.17. The lowest BCUT2D eigenvalue weighted by molar-refractivity contribution is -0.0632. The molecule has 0 bridgehead atoms. The first-order valence-corrected chi connectivity index (χ1v) is 5.59. The van der Waals surface area contributed by atoms with Crippen molar-refractivity contribution in [3.63, 3.8) is 0 Å². The van der Waals surface area contributed by atoms with Crippen LogP contribution in [0.3, 0.4) is 0 Å². The van der Waals surface area contributed by atoms with Gasteiger partial charge in [-0.15, -0.1) is 0 Å². The maximum absolute atomic E-state index is 13.4. The first-order chi connectivity index (χ1) is 7.36. The normalized spacial score (nSPS) is 16.9. The molecule has 0 aromatic heterocycles. The van der Waals surface area contributed by atoms with E-state index in [0.717, 1.165) is 0 Å². The molecular weight excluding hydrogens is 231 g/mol. The zero-order chi connectivity index (χ0) is 12.3. The number of rotatable bonds is 4. The van der Waals surface area contributed by atoms with Gasteiger partial charge in [0.25, 0.3) is 0 Å². The van der Waals surface area contributed by atoms with Gasteiger partial charge in [0.15, 0.2) is 0 Å². The first-order valence-electron chi connectivity index (χ1n) is 5.21. The Balaban J connectivity index is 2.84. The Morgan fingerprint density at radius 2 is 2.12 bits per heavy atom. The lowest BCUT2D eigenvalue weighted by atomic mass is 9.91. The highest BCUT2D eigenvalue weighted by Gasteiger charge is 2.28. The Hall–Kier alpha value is -0.640. The predicted molar refractivity (Wildman–Crippen MR) is 62.0 cm³/mol. The Labute approximate surface area is 99.7 Å². The molecule has 1 aromatic rings. The van der Waals surface area contributed by atoms with E-state index in [9.17, 15) is 14.6 Å². The summed E-state index contributed by atoms with van der Waals surface area (Å²) in [6.45, 7) is 3.29. The van der Waals surface area contributed by atoms with Gasteiger partial charge >= 0.3 is 0 Å². The Morgan fingerprint density at radius 3 is 2.69 bits per heavy atom. The number of aliphatic hydroxyl groups is 2. The third-order valence-corrected chi connectivity index (χ3v) is 3.09. The summed E-state index contributed by atoms with van der Waals surface area (Å²) in [7, 11) is 0. The zero-order valence-electron chi connectivity index (χ0n) is 9.37. The van der Waals surface area contributed by atoms with Crippen molar-refractivity contribution < 1.29 is 14.6 Å². The second kappa shape index (κ2) is 5.13. The molecule has 0 spiro atoms. The summed E-state index contributed by atoms with van der Waals surface area (Å²) >= 11 is 5.74. The van der Waals surface area contributed by atoms with Crippen LogP contribution in [0.1, 0.15) is 25.8 Å². The molecule has 2 nitrogen and oxygen atoms in total. The molecule has 0 radical (unpaired) electrons. The van der Waals surface area contributed by atoms with Crippen LogP contribution < -0.4 is 0 Å². The third-order valence-electron chi connectivity index (χ3n) is 2.85. The van der Waals surface area contributed by atoms with Crippen LogP contribution in [0, 0.1) is 5.82 Å². The molecule has 0 fully saturated rings. The molecule has 2 N–H and O–H groups in total. The van der Waals surface area contributed by atoms with E-state index in [4.69, 9.17) is 11.6 Å². The summed E-state index contributed by atoms with van der Waals surface area (Å²) < 4.78 is 13.4. The second-order valence-corrected chi connectivity index (χ2v) is 4.60. The molecule has 2 unspecified atom stereocenters. The lowest BCUT2D eigenvalue weighted by Crippen LogP contribution is -2.40. The van der Waals surface area contributed by atoms with Crippen molar-refractivity contribution >= 4 is 11.6 Å². The fraction of sp³-hybridized carbons (Fsp3) is 0.500. The molecule has 0 heterocycles. The molecule has 1 aromatic carbocycles. The molecule has 0 aliphatic rings. The standard InChI is InChI=1S/C12H16ClFO2/c1-3-12(2,16)11(15)7-8-6-9(13)4-5-10(8)14/h4-6,11,15-16H,3,7H2,1-2H3. The minimum atomic E-state index is -1.21. The molecule has 1 rings (SSSR count). The Kier molecular flexibility index (Phi) is 4.30. The highest BCUT2D eigenvalue weighted by Crippen LogP contribution is 2.22. The van der Waals surface area contributed by atoms with E-state index in [1.165, 1.54) is 25.1 Å². The van der Waals surface area contributed by atoms with Crippen molar-refractivity contribution in [3.05, 3.63) is 34.6 Å². The molecule has 16 heavy (non-hydrogen) atoms. The minimum Gasteiger partial charge on any atom is -0.390 e. The topological polar surface area (TPSA) is 40.5 Å². The average molecular weight is 247 g/mol. The van der Waals surface area contributed by atoms with E-state index in [1.54, 1.807) is 6.92 Å². The zero-order valence-corrected chi connectivity index (χ0v) is 10.1. The molecule has 2 atom stereocenters. The molecule has 4 heteroatoms. The van der Waals surface area contributed by atoms with Crippen LogP contribution in [-0.2, 0) is 6.42 Å². The largest absolute Gasteiger partial charge is 0.390 e. The van der Waals surface area contributed by atoms with E-state index >= 15 is 0 Å². The summed E-state index contributed by atoms with van der Waals surface area (Å²) in [5.74, 6) is -0.421. The van der Waals surface area contributed by atoms with Crippen LogP contribution in [0.25, 0.3) is 0 Å². The summed E-state index contributed by atoms with van der Waals surface area (Å²) in [6, 6.07) is 4.17. The van der Waals surface area contributed by atoms with Gasteiger partial charge in [-0.2, -0.15) is 0 Å². The first kappa shape index (κ1) is 13.4. The number of hydrogen-bond donors (Lipinski definition) is 2. The van der Waals surface area contributed by atoms with Crippen LogP contribution in [0.5, 0.6) is 0 Å². The molecule has 0 aliphatic carbocycles. The van der Waals surface area contributed by atoms with Crippen molar-refractivity contribution in [2.75, 3.05) is 0 Å². The molecule has 0 saturated heterocycles. The molecule has 0 saturated carbocycles. The Bertz CT molecular complexity index is 366. The average Bonchev–Trinajstić information content (AvgIpc) is 2.23. The van der Waals surface area contributed by atoms with Gasteiger partial charge in [0.05, 0.1) is 11.7 Å². The highest BCUT2D eigenvalue weighted by molar-refractivity contribution is 6.30. The fourth-order valence-electron chi connectivity index (χ4n) is 1.36. The van der Waals surface area contributed by atoms with Gasteiger partial charge in [0, 0.05) is 11.4 Å².